The molecule has 0 radical (unpaired) electrons. The fourth-order valence-electron chi connectivity index (χ4n) is 4.63. The van der Waals surface area contributed by atoms with E-state index >= 15 is 0 Å². The SMILES string of the molecule is CC(C)[C@@H](N)C(OCc1ccccn1)C(c1ccccc1)(c1ccccc1)c1ccccc1. The fourth-order valence-corrected chi connectivity index (χ4v) is 4.63. The lowest BCUT2D eigenvalue weighted by Gasteiger charge is -2.45. The monoisotopic (exact) mass is 436 g/mol. The van der Waals surface area contributed by atoms with E-state index in [-0.39, 0.29) is 18.1 Å². The van der Waals surface area contributed by atoms with E-state index in [2.05, 4.69) is 110 Å². The molecule has 0 aliphatic heterocycles. The Bertz CT molecular complexity index is 1000. The highest BCUT2D eigenvalue weighted by atomic mass is 16.5. The highest BCUT2D eigenvalue weighted by Gasteiger charge is 2.47. The maximum atomic E-state index is 6.98. The molecule has 33 heavy (non-hydrogen) atoms. The van der Waals surface area contributed by atoms with Crippen LogP contribution in [0.4, 0.5) is 0 Å². The van der Waals surface area contributed by atoms with Gasteiger partial charge in [-0.3, -0.25) is 4.98 Å². The molecule has 0 aliphatic rings. The third-order valence-corrected chi connectivity index (χ3v) is 6.37. The largest absolute Gasteiger partial charge is 0.369 e. The Kier molecular flexibility index (Phi) is 7.33. The van der Waals surface area contributed by atoms with E-state index < -0.39 is 5.41 Å². The number of hydrogen-bond donors (Lipinski definition) is 1. The van der Waals surface area contributed by atoms with Gasteiger partial charge in [-0.25, -0.2) is 0 Å². The van der Waals surface area contributed by atoms with Crippen LogP contribution in [-0.4, -0.2) is 17.1 Å². The average molecular weight is 437 g/mol. The summed E-state index contributed by atoms with van der Waals surface area (Å²) >= 11 is 0. The van der Waals surface area contributed by atoms with Gasteiger partial charge in [0.2, 0.25) is 0 Å². The summed E-state index contributed by atoms with van der Waals surface area (Å²) in [7, 11) is 0. The number of nitrogens with zero attached hydrogens (tertiary/aromatic N) is 1. The molecule has 2 atom stereocenters. The molecule has 3 nitrogen and oxygen atoms in total. The third kappa shape index (κ3) is 4.75. The predicted molar refractivity (Wildman–Crippen MR) is 135 cm³/mol. The Balaban J connectivity index is 1.97. The van der Waals surface area contributed by atoms with Crippen molar-refractivity contribution in [2.24, 2.45) is 11.7 Å². The van der Waals surface area contributed by atoms with Gasteiger partial charge in [0.05, 0.1) is 23.8 Å². The van der Waals surface area contributed by atoms with E-state index in [0.717, 1.165) is 22.4 Å². The minimum atomic E-state index is -0.595. The van der Waals surface area contributed by atoms with Crippen LogP contribution in [0.15, 0.2) is 115 Å². The van der Waals surface area contributed by atoms with E-state index in [0.29, 0.717) is 6.61 Å². The number of rotatable bonds is 9. The van der Waals surface area contributed by atoms with E-state index in [9.17, 15) is 0 Å². The summed E-state index contributed by atoms with van der Waals surface area (Å²) < 4.78 is 6.79. The molecule has 0 aliphatic carbocycles. The van der Waals surface area contributed by atoms with Gasteiger partial charge >= 0.3 is 0 Å². The van der Waals surface area contributed by atoms with Gasteiger partial charge in [-0.05, 0) is 34.7 Å². The second-order valence-corrected chi connectivity index (χ2v) is 8.78. The van der Waals surface area contributed by atoms with Crippen molar-refractivity contribution in [1.29, 1.82) is 0 Å². The van der Waals surface area contributed by atoms with Crippen LogP contribution in [0, 0.1) is 5.92 Å². The molecule has 0 spiro atoms. The molecule has 168 valence electrons. The van der Waals surface area contributed by atoms with E-state index in [1.807, 2.05) is 18.2 Å². The van der Waals surface area contributed by atoms with Crippen LogP contribution in [0.2, 0.25) is 0 Å². The van der Waals surface area contributed by atoms with Crippen molar-refractivity contribution in [2.75, 3.05) is 0 Å². The van der Waals surface area contributed by atoms with Gasteiger partial charge in [-0.15, -0.1) is 0 Å². The standard InChI is InChI=1S/C30H32N2O/c1-23(2)28(31)29(33-22-27-20-12-13-21-32-27)30(24-14-6-3-7-15-24,25-16-8-4-9-17-25)26-18-10-5-11-19-26/h3-21,23,28-29H,22,31H2,1-2H3/t28-,29?/m1/s1. The Labute approximate surface area is 197 Å². The summed E-state index contributed by atoms with van der Waals surface area (Å²) in [5.41, 5.74) is 10.7. The van der Waals surface area contributed by atoms with Gasteiger partial charge in [0.15, 0.2) is 0 Å². The quantitative estimate of drug-likeness (QED) is 0.328. The second kappa shape index (κ2) is 10.6. The Hall–Kier alpha value is -3.27. The van der Waals surface area contributed by atoms with Gasteiger partial charge in [-0.1, -0.05) is 111 Å². The van der Waals surface area contributed by atoms with Crippen LogP contribution in [0.25, 0.3) is 0 Å². The maximum absolute atomic E-state index is 6.98. The molecule has 1 unspecified atom stereocenters. The average Bonchev–Trinajstić information content (AvgIpc) is 2.88. The predicted octanol–water partition coefficient (Wildman–Crippen LogP) is 5.98. The summed E-state index contributed by atoms with van der Waals surface area (Å²) in [6, 6.07) is 37.5. The molecular weight excluding hydrogens is 404 g/mol. The number of pyridine rings is 1. The molecule has 1 aromatic heterocycles. The van der Waals surface area contributed by atoms with Crippen LogP contribution in [-0.2, 0) is 16.8 Å². The first-order valence-electron chi connectivity index (χ1n) is 11.6. The highest BCUT2D eigenvalue weighted by molar-refractivity contribution is 5.52. The van der Waals surface area contributed by atoms with E-state index in [1.165, 1.54) is 0 Å². The molecule has 0 amide bonds. The van der Waals surface area contributed by atoms with Crippen molar-refractivity contribution in [2.45, 2.75) is 38.0 Å². The molecule has 0 fully saturated rings. The summed E-state index contributed by atoms with van der Waals surface area (Å²) in [6.07, 6.45) is 1.47. The van der Waals surface area contributed by atoms with Gasteiger partial charge in [0.25, 0.3) is 0 Å². The molecule has 4 rings (SSSR count). The number of benzene rings is 3. The van der Waals surface area contributed by atoms with Crippen molar-refractivity contribution >= 4 is 0 Å². The van der Waals surface area contributed by atoms with Gasteiger partial charge in [0, 0.05) is 12.2 Å². The Morgan fingerprint density at radius 3 is 1.55 bits per heavy atom. The minimum absolute atomic E-state index is 0.214. The molecule has 2 N–H and O–H groups in total. The Morgan fingerprint density at radius 2 is 1.15 bits per heavy atom. The molecule has 1 heterocycles. The van der Waals surface area contributed by atoms with E-state index in [1.54, 1.807) is 6.20 Å². The first kappa shape index (κ1) is 22.9. The van der Waals surface area contributed by atoms with Crippen molar-refractivity contribution in [3.8, 4) is 0 Å². The lowest BCUT2D eigenvalue weighted by atomic mass is 9.63. The maximum Gasteiger partial charge on any atom is 0.0911 e. The lowest BCUT2D eigenvalue weighted by Crippen LogP contribution is -2.55. The summed E-state index contributed by atoms with van der Waals surface area (Å²) in [6.45, 7) is 4.71. The van der Waals surface area contributed by atoms with Crippen molar-refractivity contribution in [1.82, 2.24) is 4.98 Å². The summed E-state index contributed by atoms with van der Waals surface area (Å²) in [4.78, 5) is 4.49. The topological polar surface area (TPSA) is 48.1 Å². The van der Waals surface area contributed by atoms with Crippen LogP contribution < -0.4 is 5.73 Å². The van der Waals surface area contributed by atoms with Crippen LogP contribution in [0.3, 0.4) is 0 Å². The van der Waals surface area contributed by atoms with Gasteiger partial charge in [-0.2, -0.15) is 0 Å². The van der Waals surface area contributed by atoms with Crippen molar-refractivity contribution in [3.05, 3.63) is 138 Å². The smallest absolute Gasteiger partial charge is 0.0911 e. The minimum Gasteiger partial charge on any atom is -0.369 e. The van der Waals surface area contributed by atoms with Gasteiger partial charge < -0.3 is 10.5 Å². The molecule has 0 bridgehead atoms. The molecular formula is C30H32N2O. The zero-order valence-electron chi connectivity index (χ0n) is 19.3. The first-order chi connectivity index (χ1) is 16.1. The number of hydrogen-bond acceptors (Lipinski definition) is 3. The number of aromatic nitrogens is 1. The first-order valence-corrected chi connectivity index (χ1v) is 11.6. The highest BCUT2D eigenvalue weighted by Crippen LogP contribution is 2.45. The second-order valence-electron chi connectivity index (χ2n) is 8.78. The molecule has 3 heteroatoms. The van der Waals surface area contributed by atoms with Crippen LogP contribution >= 0.6 is 0 Å². The molecule has 4 aromatic rings. The van der Waals surface area contributed by atoms with Crippen LogP contribution in [0.5, 0.6) is 0 Å². The Morgan fingerprint density at radius 1 is 0.697 bits per heavy atom. The zero-order valence-corrected chi connectivity index (χ0v) is 19.3. The number of ether oxygens (including phenoxy) is 1. The normalized spacial score (nSPS) is 13.6. The van der Waals surface area contributed by atoms with E-state index in [4.69, 9.17) is 10.5 Å². The third-order valence-electron chi connectivity index (χ3n) is 6.37. The van der Waals surface area contributed by atoms with Crippen LogP contribution in [0.1, 0.15) is 36.2 Å². The lowest BCUT2D eigenvalue weighted by molar-refractivity contribution is -0.0186. The number of nitrogens with two attached hydrogens (primary N) is 1. The summed E-state index contributed by atoms with van der Waals surface area (Å²) in [5.74, 6) is 0.217. The summed E-state index contributed by atoms with van der Waals surface area (Å²) in [5, 5.41) is 0. The van der Waals surface area contributed by atoms with Crippen molar-refractivity contribution < 1.29 is 4.74 Å². The zero-order chi connectivity index (χ0) is 23.1. The molecule has 0 saturated heterocycles. The molecule has 0 saturated carbocycles. The van der Waals surface area contributed by atoms with Gasteiger partial charge in [0.1, 0.15) is 0 Å². The fraction of sp³-hybridized carbons (Fsp3) is 0.233. The molecule has 3 aromatic carbocycles. The van der Waals surface area contributed by atoms with Crippen molar-refractivity contribution in [3.63, 3.8) is 0 Å².